The Morgan fingerprint density at radius 3 is 2.75 bits per heavy atom. The van der Waals surface area contributed by atoms with Gasteiger partial charge in [0, 0.05) is 19.1 Å². The zero-order chi connectivity index (χ0) is 12.1. The molecule has 0 bridgehead atoms. The molecule has 0 saturated heterocycles. The molecule has 2 rings (SSSR count). The Balaban J connectivity index is 0.000000386. The van der Waals surface area contributed by atoms with Gasteiger partial charge in [0.15, 0.2) is 0 Å². The van der Waals surface area contributed by atoms with Crippen LogP contribution in [0.25, 0.3) is 10.1 Å². The van der Waals surface area contributed by atoms with Gasteiger partial charge >= 0.3 is 0 Å². The van der Waals surface area contributed by atoms with Crippen molar-refractivity contribution in [2.24, 2.45) is 0 Å². The van der Waals surface area contributed by atoms with E-state index in [2.05, 4.69) is 4.37 Å². The highest BCUT2D eigenvalue weighted by atomic mass is 32.1. The molecule has 1 aromatic carbocycles. The molecule has 0 saturated carbocycles. The van der Waals surface area contributed by atoms with E-state index in [0.29, 0.717) is 5.39 Å². The summed E-state index contributed by atoms with van der Waals surface area (Å²) in [5.74, 6) is 0. The van der Waals surface area contributed by atoms with Crippen molar-refractivity contribution >= 4 is 27.3 Å². The highest BCUT2D eigenvalue weighted by molar-refractivity contribution is 7.13. The number of nitro groups is 1. The lowest BCUT2D eigenvalue weighted by atomic mass is 10.2. The lowest BCUT2D eigenvalue weighted by Crippen LogP contribution is -1.96. The summed E-state index contributed by atoms with van der Waals surface area (Å²) in [5, 5.41) is 18.1. The Kier molecular flexibility index (Phi) is 3.74. The van der Waals surface area contributed by atoms with Gasteiger partial charge in [-0.15, -0.1) is 0 Å². The SMILES string of the molecule is CC#N.O=c1[nH]sc2ccc([N+](=O)[O-])cc12. The number of non-ortho nitro benzene ring substituents is 1. The second kappa shape index (κ2) is 5.04. The number of nitrogens with one attached hydrogen (secondary N) is 1. The van der Waals surface area contributed by atoms with Crippen LogP contribution in [-0.4, -0.2) is 9.30 Å². The Labute approximate surface area is 94.1 Å². The van der Waals surface area contributed by atoms with E-state index in [9.17, 15) is 14.9 Å². The predicted molar refractivity (Wildman–Crippen MR) is 60.4 cm³/mol. The van der Waals surface area contributed by atoms with Crippen molar-refractivity contribution in [2.45, 2.75) is 6.92 Å². The number of aromatic nitrogens is 1. The van der Waals surface area contributed by atoms with Crippen LogP contribution < -0.4 is 5.56 Å². The molecule has 1 N–H and O–H groups in total. The van der Waals surface area contributed by atoms with Crippen molar-refractivity contribution in [2.75, 3.05) is 0 Å². The number of hydrogen-bond donors (Lipinski definition) is 1. The lowest BCUT2D eigenvalue weighted by molar-refractivity contribution is -0.384. The van der Waals surface area contributed by atoms with E-state index in [-0.39, 0.29) is 11.2 Å². The molecule has 1 aromatic heterocycles. The summed E-state index contributed by atoms with van der Waals surface area (Å²) >= 11 is 1.17. The summed E-state index contributed by atoms with van der Waals surface area (Å²) in [6.45, 7) is 1.43. The van der Waals surface area contributed by atoms with Crippen LogP contribution in [0.4, 0.5) is 5.69 Å². The van der Waals surface area contributed by atoms with Crippen LogP contribution in [0.5, 0.6) is 0 Å². The van der Waals surface area contributed by atoms with Gasteiger partial charge in [-0.25, -0.2) is 0 Å². The van der Waals surface area contributed by atoms with Crippen molar-refractivity contribution < 1.29 is 4.92 Å². The summed E-state index contributed by atoms with van der Waals surface area (Å²) < 4.78 is 3.24. The molecule has 0 amide bonds. The molecule has 0 radical (unpaired) electrons. The van der Waals surface area contributed by atoms with E-state index in [1.807, 2.05) is 0 Å². The average molecular weight is 237 g/mol. The van der Waals surface area contributed by atoms with Gasteiger partial charge in [0.1, 0.15) is 0 Å². The molecular weight excluding hydrogens is 230 g/mol. The molecule has 0 fully saturated rings. The second-order valence-electron chi connectivity index (χ2n) is 2.69. The molecule has 0 spiro atoms. The fourth-order valence-electron chi connectivity index (χ4n) is 1.05. The lowest BCUT2D eigenvalue weighted by Gasteiger charge is -1.88. The van der Waals surface area contributed by atoms with E-state index >= 15 is 0 Å². The minimum absolute atomic E-state index is 0.0589. The standard InChI is InChI=1S/C7H4N2O3S.C2H3N/c10-7-5-3-4(9(11)12)1-2-6(5)13-8-7;1-2-3/h1-3H,(H,8,10);1H3. The third kappa shape index (κ3) is 2.43. The Hall–Kier alpha value is -2.20. The summed E-state index contributed by atoms with van der Waals surface area (Å²) in [5.41, 5.74) is -0.333. The van der Waals surface area contributed by atoms with Crippen molar-refractivity contribution in [3.63, 3.8) is 0 Å². The predicted octanol–water partition coefficient (Wildman–Crippen LogP) is 2.03. The van der Waals surface area contributed by atoms with Gasteiger partial charge in [-0.05, 0) is 6.07 Å². The number of aromatic amines is 1. The molecule has 0 aliphatic rings. The Morgan fingerprint density at radius 1 is 1.56 bits per heavy atom. The highest BCUT2D eigenvalue weighted by Crippen LogP contribution is 2.19. The van der Waals surface area contributed by atoms with Crippen molar-refractivity contribution in [3.8, 4) is 6.07 Å². The smallest absolute Gasteiger partial charge is 0.270 e. The highest BCUT2D eigenvalue weighted by Gasteiger charge is 2.08. The number of H-pyrrole nitrogens is 1. The minimum atomic E-state index is -0.517. The number of nitriles is 1. The van der Waals surface area contributed by atoms with Gasteiger partial charge in [-0.2, -0.15) is 5.26 Å². The maximum absolute atomic E-state index is 11.1. The molecule has 0 atom stereocenters. The molecule has 6 nitrogen and oxygen atoms in total. The quantitative estimate of drug-likeness (QED) is 0.605. The fourth-order valence-corrected chi connectivity index (χ4v) is 1.76. The number of fused-ring (bicyclic) bond motifs is 1. The zero-order valence-electron chi connectivity index (χ0n) is 8.26. The topological polar surface area (TPSA) is 99.8 Å². The molecule has 0 unspecified atom stereocenters. The molecule has 7 heteroatoms. The summed E-state index contributed by atoms with van der Waals surface area (Å²) in [6.07, 6.45) is 0. The van der Waals surface area contributed by atoms with E-state index in [4.69, 9.17) is 5.26 Å². The van der Waals surface area contributed by atoms with E-state index in [1.165, 1.54) is 30.6 Å². The molecule has 0 aliphatic heterocycles. The number of benzene rings is 1. The first-order valence-corrected chi connectivity index (χ1v) is 4.98. The number of rotatable bonds is 1. The van der Waals surface area contributed by atoms with Crippen LogP contribution in [0.3, 0.4) is 0 Å². The molecule has 2 aromatic rings. The van der Waals surface area contributed by atoms with Crippen LogP contribution in [0.2, 0.25) is 0 Å². The third-order valence-electron chi connectivity index (χ3n) is 1.67. The van der Waals surface area contributed by atoms with Gasteiger partial charge < -0.3 is 0 Å². The van der Waals surface area contributed by atoms with Gasteiger partial charge in [-0.3, -0.25) is 19.3 Å². The molecule has 0 aliphatic carbocycles. The first-order chi connectivity index (χ1) is 7.60. The van der Waals surface area contributed by atoms with Crippen molar-refractivity contribution in [1.29, 1.82) is 5.26 Å². The number of nitrogens with zero attached hydrogens (tertiary/aromatic N) is 2. The summed E-state index contributed by atoms with van der Waals surface area (Å²) in [6, 6.07) is 5.98. The van der Waals surface area contributed by atoms with E-state index in [1.54, 1.807) is 12.1 Å². The van der Waals surface area contributed by atoms with Gasteiger partial charge in [0.05, 0.1) is 21.1 Å². The number of nitro benzene ring substituents is 1. The zero-order valence-corrected chi connectivity index (χ0v) is 9.08. The van der Waals surface area contributed by atoms with Crippen LogP contribution in [0.1, 0.15) is 6.92 Å². The number of hydrogen-bond acceptors (Lipinski definition) is 5. The van der Waals surface area contributed by atoms with Crippen LogP contribution >= 0.6 is 11.5 Å². The first kappa shape index (κ1) is 11.9. The van der Waals surface area contributed by atoms with Crippen molar-refractivity contribution in [1.82, 2.24) is 4.37 Å². The maximum Gasteiger partial charge on any atom is 0.270 e. The Bertz CT molecular complexity index is 608. The summed E-state index contributed by atoms with van der Waals surface area (Å²) in [4.78, 5) is 20.9. The van der Waals surface area contributed by atoms with E-state index < -0.39 is 4.92 Å². The molecule has 1 heterocycles. The molecule has 82 valence electrons. The second-order valence-corrected chi connectivity index (χ2v) is 3.54. The van der Waals surface area contributed by atoms with Crippen LogP contribution in [-0.2, 0) is 0 Å². The van der Waals surface area contributed by atoms with E-state index in [0.717, 1.165) is 4.70 Å². The van der Waals surface area contributed by atoms with Gasteiger partial charge in [0.25, 0.3) is 11.2 Å². The largest absolute Gasteiger partial charge is 0.277 e. The maximum atomic E-state index is 11.1. The molecule has 16 heavy (non-hydrogen) atoms. The average Bonchev–Trinajstić information content (AvgIpc) is 2.61. The van der Waals surface area contributed by atoms with Crippen molar-refractivity contribution in [3.05, 3.63) is 38.7 Å². The van der Waals surface area contributed by atoms with Crippen LogP contribution in [0, 0.1) is 21.4 Å². The minimum Gasteiger partial charge on any atom is -0.277 e. The normalized spacial score (nSPS) is 9.00. The third-order valence-corrected chi connectivity index (χ3v) is 2.54. The van der Waals surface area contributed by atoms with Crippen LogP contribution in [0.15, 0.2) is 23.0 Å². The van der Waals surface area contributed by atoms with Gasteiger partial charge in [0.2, 0.25) is 0 Å². The monoisotopic (exact) mass is 237 g/mol. The fraction of sp³-hybridized carbons (Fsp3) is 0.111. The first-order valence-electron chi connectivity index (χ1n) is 4.16. The Morgan fingerprint density at radius 2 is 2.19 bits per heavy atom. The molecular formula is C9H7N3O3S. The summed E-state index contributed by atoms with van der Waals surface area (Å²) in [7, 11) is 0. The van der Waals surface area contributed by atoms with Gasteiger partial charge in [-0.1, -0.05) is 11.5 Å².